The van der Waals surface area contributed by atoms with E-state index in [-0.39, 0.29) is 17.7 Å². The number of carbonyl (C=O) groups is 1. The number of aromatic nitrogens is 2. The van der Waals surface area contributed by atoms with Crippen LogP contribution in [0.15, 0.2) is 90.6 Å². The lowest BCUT2D eigenvalue weighted by molar-refractivity contribution is 0.0705. The zero-order chi connectivity index (χ0) is 23.6. The van der Waals surface area contributed by atoms with Crippen molar-refractivity contribution in [1.82, 2.24) is 14.9 Å². The minimum absolute atomic E-state index is 0.0338. The van der Waals surface area contributed by atoms with Crippen LogP contribution < -0.4 is 5.32 Å². The van der Waals surface area contributed by atoms with Crippen LogP contribution in [-0.4, -0.2) is 33.4 Å². The molecule has 3 aromatic carbocycles. The molecular formula is C29H27N5O. The number of nitrogens with zero attached hydrogens (tertiary/aromatic N) is 3. The molecule has 2 atom stereocenters. The fraction of sp³-hybridized carbons (Fsp3) is 0.207. The normalized spacial score (nSPS) is 19.8. The van der Waals surface area contributed by atoms with Crippen LogP contribution >= 0.6 is 0 Å². The van der Waals surface area contributed by atoms with E-state index in [4.69, 9.17) is 0 Å². The number of fused-ring (bicyclic) bond motifs is 2. The van der Waals surface area contributed by atoms with E-state index in [1.54, 1.807) is 12.5 Å². The standard InChI is InChI=1S/C29H27N5O/c35-29(26-7-3-5-20-4-1-2-6-25(20)26)22-10-13-34(18-24-17-31-19-33-24)28(15-22)21-8-9-27-23(14-21)16-30-11-12-32-27/h1-9,11-12,14,16-17,19,22,28,32H,10,13,15,18H2,(H,31,33). The quantitative estimate of drug-likeness (QED) is 0.373. The molecule has 0 radical (unpaired) electrons. The summed E-state index contributed by atoms with van der Waals surface area (Å²) in [7, 11) is 0. The van der Waals surface area contributed by atoms with Crippen molar-refractivity contribution in [3.05, 3.63) is 108 Å². The van der Waals surface area contributed by atoms with E-state index < -0.39 is 0 Å². The molecule has 1 saturated heterocycles. The number of ketones is 1. The van der Waals surface area contributed by atoms with Gasteiger partial charge in [0.25, 0.3) is 0 Å². The molecule has 2 N–H and O–H groups in total. The van der Waals surface area contributed by atoms with Crippen molar-refractivity contribution < 1.29 is 4.79 Å². The molecule has 2 aliphatic rings. The van der Waals surface area contributed by atoms with Crippen molar-refractivity contribution >= 4 is 28.5 Å². The Morgan fingerprint density at radius 2 is 2.00 bits per heavy atom. The topological polar surface area (TPSA) is 73.4 Å². The summed E-state index contributed by atoms with van der Waals surface area (Å²) in [6.07, 6.45) is 10.8. The van der Waals surface area contributed by atoms with Gasteiger partial charge < -0.3 is 10.3 Å². The van der Waals surface area contributed by atoms with Gasteiger partial charge in [-0.2, -0.15) is 0 Å². The number of nitrogens with one attached hydrogen (secondary N) is 2. The third kappa shape index (κ3) is 4.29. The van der Waals surface area contributed by atoms with Crippen LogP contribution in [-0.2, 0) is 6.54 Å². The molecule has 6 nitrogen and oxygen atoms in total. The summed E-state index contributed by atoms with van der Waals surface area (Å²) in [5.41, 5.74) is 5.12. The lowest BCUT2D eigenvalue weighted by Gasteiger charge is -2.39. The van der Waals surface area contributed by atoms with E-state index in [0.29, 0.717) is 0 Å². The Bertz CT molecular complexity index is 1420. The molecular weight excluding hydrogens is 434 g/mol. The molecule has 0 bridgehead atoms. The molecule has 0 saturated carbocycles. The third-order valence-electron chi connectivity index (χ3n) is 7.13. The molecule has 0 amide bonds. The Morgan fingerprint density at radius 3 is 2.91 bits per heavy atom. The number of rotatable bonds is 5. The number of aliphatic imine (C=N–C) groups is 1. The van der Waals surface area contributed by atoms with E-state index >= 15 is 0 Å². The number of likely N-dealkylation sites (tertiary alicyclic amines) is 1. The van der Waals surface area contributed by atoms with Gasteiger partial charge in [-0.05, 0) is 47.9 Å². The van der Waals surface area contributed by atoms with Crippen LogP contribution in [0.2, 0.25) is 0 Å². The summed E-state index contributed by atoms with van der Waals surface area (Å²) in [6, 6.07) is 20.8. The van der Waals surface area contributed by atoms with E-state index in [0.717, 1.165) is 59.2 Å². The van der Waals surface area contributed by atoms with Crippen LogP contribution in [0.1, 0.15) is 46.1 Å². The van der Waals surface area contributed by atoms with Gasteiger partial charge in [0.1, 0.15) is 0 Å². The summed E-state index contributed by atoms with van der Waals surface area (Å²) in [5, 5.41) is 5.43. The summed E-state index contributed by atoms with van der Waals surface area (Å²) < 4.78 is 0. The number of H-pyrrole nitrogens is 1. The van der Waals surface area contributed by atoms with E-state index in [1.807, 2.05) is 42.9 Å². The maximum absolute atomic E-state index is 13.8. The van der Waals surface area contributed by atoms with E-state index in [1.165, 1.54) is 5.56 Å². The van der Waals surface area contributed by atoms with Gasteiger partial charge >= 0.3 is 0 Å². The van der Waals surface area contributed by atoms with Gasteiger partial charge in [-0.25, -0.2) is 4.98 Å². The Labute approximate surface area is 204 Å². The molecule has 174 valence electrons. The molecule has 4 aromatic rings. The summed E-state index contributed by atoms with van der Waals surface area (Å²) in [6.45, 7) is 1.58. The number of Topliss-reactive ketones (excluding diaryl/α,β-unsaturated/α-hetero) is 1. The van der Waals surface area contributed by atoms with Crippen molar-refractivity contribution in [2.75, 3.05) is 11.9 Å². The molecule has 35 heavy (non-hydrogen) atoms. The average molecular weight is 462 g/mol. The Balaban J connectivity index is 1.33. The molecule has 2 aliphatic heterocycles. The smallest absolute Gasteiger partial charge is 0.166 e. The predicted octanol–water partition coefficient (Wildman–Crippen LogP) is 5.71. The molecule has 6 rings (SSSR count). The average Bonchev–Trinajstić information content (AvgIpc) is 3.30. The number of hydrogen-bond acceptors (Lipinski definition) is 5. The largest absolute Gasteiger partial charge is 0.360 e. The molecule has 6 heteroatoms. The van der Waals surface area contributed by atoms with Crippen molar-refractivity contribution in [3.63, 3.8) is 0 Å². The van der Waals surface area contributed by atoms with Gasteiger partial charge in [0.15, 0.2) is 5.78 Å². The van der Waals surface area contributed by atoms with Crippen LogP contribution in [0.25, 0.3) is 10.8 Å². The molecule has 1 fully saturated rings. The van der Waals surface area contributed by atoms with Crippen molar-refractivity contribution in [2.45, 2.75) is 25.4 Å². The number of carbonyl (C=O) groups excluding carboxylic acids is 1. The first kappa shape index (κ1) is 21.5. The molecule has 0 spiro atoms. The minimum Gasteiger partial charge on any atom is -0.360 e. The SMILES string of the molecule is O=C(c1cccc2ccccc12)C1CCN(Cc2c[nH]cn2)C(c2ccc3c(c2)C=NC=CN3)C1. The van der Waals surface area contributed by atoms with E-state index in [2.05, 4.69) is 61.6 Å². The number of imidazole rings is 1. The van der Waals surface area contributed by atoms with Gasteiger partial charge in [0.2, 0.25) is 0 Å². The van der Waals surface area contributed by atoms with Crippen LogP contribution in [0.4, 0.5) is 5.69 Å². The van der Waals surface area contributed by atoms with Gasteiger partial charge in [-0.1, -0.05) is 48.5 Å². The Kier molecular flexibility index (Phi) is 5.72. The first-order valence-electron chi connectivity index (χ1n) is 12.1. The van der Waals surface area contributed by atoms with E-state index in [9.17, 15) is 4.79 Å². The lowest BCUT2D eigenvalue weighted by Crippen LogP contribution is -2.39. The number of benzene rings is 3. The fourth-order valence-corrected chi connectivity index (χ4v) is 5.35. The summed E-state index contributed by atoms with van der Waals surface area (Å²) in [5.74, 6) is 0.210. The molecule has 2 unspecified atom stereocenters. The van der Waals surface area contributed by atoms with Gasteiger partial charge in [0.05, 0.1) is 12.0 Å². The first-order chi connectivity index (χ1) is 17.3. The number of hydrogen-bond donors (Lipinski definition) is 2. The van der Waals surface area contributed by atoms with Gasteiger partial charge in [-0.3, -0.25) is 14.7 Å². The fourth-order valence-electron chi connectivity index (χ4n) is 5.35. The van der Waals surface area contributed by atoms with Crippen LogP contribution in [0.3, 0.4) is 0 Å². The zero-order valence-corrected chi connectivity index (χ0v) is 19.4. The first-order valence-corrected chi connectivity index (χ1v) is 12.1. The third-order valence-corrected chi connectivity index (χ3v) is 7.13. The van der Waals surface area contributed by atoms with Crippen LogP contribution in [0, 0.1) is 5.92 Å². The highest BCUT2D eigenvalue weighted by Crippen LogP contribution is 2.38. The number of aromatic amines is 1. The molecule has 0 aliphatic carbocycles. The van der Waals surface area contributed by atoms with Gasteiger partial charge in [0, 0.05) is 60.1 Å². The Morgan fingerprint density at radius 1 is 1.09 bits per heavy atom. The maximum atomic E-state index is 13.8. The van der Waals surface area contributed by atoms with Gasteiger partial charge in [-0.15, -0.1) is 0 Å². The van der Waals surface area contributed by atoms with Crippen LogP contribution in [0.5, 0.6) is 0 Å². The molecule has 3 heterocycles. The Hall–Kier alpha value is -4.03. The highest BCUT2D eigenvalue weighted by atomic mass is 16.1. The predicted molar refractivity (Wildman–Crippen MR) is 140 cm³/mol. The van der Waals surface area contributed by atoms with Crippen molar-refractivity contribution in [3.8, 4) is 0 Å². The van der Waals surface area contributed by atoms with Crippen molar-refractivity contribution in [1.29, 1.82) is 0 Å². The summed E-state index contributed by atoms with van der Waals surface area (Å²) in [4.78, 5) is 28.1. The monoisotopic (exact) mass is 461 g/mol. The lowest BCUT2D eigenvalue weighted by atomic mass is 9.81. The zero-order valence-electron chi connectivity index (χ0n) is 19.4. The highest BCUT2D eigenvalue weighted by Gasteiger charge is 2.34. The molecule has 1 aromatic heterocycles. The minimum atomic E-state index is -0.0338. The summed E-state index contributed by atoms with van der Waals surface area (Å²) >= 11 is 0. The maximum Gasteiger partial charge on any atom is 0.166 e. The highest BCUT2D eigenvalue weighted by molar-refractivity contribution is 6.09. The number of anilines is 1. The number of piperidine rings is 1. The second-order valence-electron chi connectivity index (χ2n) is 9.24. The second kappa shape index (κ2) is 9.31. The second-order valence-corrected chi connectivity index (χ2v) is 9.24. The van der Waals surface area contributed by atoms with Crippen molar-refractivity contribution in [2.24, 2.45) is 10.9 Å².